The van der Waals surface area contributed by atoms with Crippen molar-refractivity contribution in [2.24, 2.45) is 0 Å². The van der Waals surface area contributed by atoms with Crippen molar-refractivity contribution < 1.29 is 14.7 Å². The van der Waals surface area contributed by atoms with Crippen LogP contribution in [0.15, 0.2) is 30.3 Å². The highest BCUT2D eigenvalue weighted by Crippen LogP contribution is 2.30. The zero-order chi connectivity index (χ0) is 18.0. The number of aromatic nitrogens is 2. The number of carboxylic acid groups (broad SMARTS) is 1. The van der Waals surface area contributed by atoms with E-state index in [-0.39, 0.29) is 12.3 Å². The Bertz CT molecular complexity index is 790. The monoisotopic (exact) mass is 341 g/mol. The maximum absolute atomic E-state index is 12.5. The van der Waals surface area contributed by atoms with Crippen molar-refractivity contribution in [1.29, 1.82) is 0 Å². The first-order valence-corrected chi connectivity index (χ1v) is 8.58. The lowest BCUT2D eigenvalue weighted by Gasteiger charge is -2.25. The number of carbonyl (C=O) groups excluding carboxylic acids is 1. The lowest BCUT2D eigenvalue weighted by atomic mass is 9.97. The van der Waals surface area contributed by atoms with Gasteiger partial charge in [-0.3, -0.25) is 4.79 Å². The summed E-state index contributed by atoms with van der Waals surface area (Å²) in [6.07, 6.45) is 2.79. The van der Waals surface area contributed by atoms with Gasteiger partial charge in [-0.1, -0.05) is 31.0 Å². The normalized spacial score (nSPS) is 15.9. The van der Waals surface area contributed by atoms with E-state index in [1.54, 1.807) is 0 Å². The number of nitrogens with zero attached hydrogens (tertiary/aromatic N) is 2. The fourth-order valence-corrected chi connectivity index (χ4v) is 3.59. The molecule has 132 valence electrons. The minimum atomic E-state index is -1.10. The second-order valence-corrected chi connectivity index (χ2v) is 6.72. The Balaban J connectivity index is 1.80. The van der Waals surface area contributed by atoms with E-state index >= 15 is 0 Å². The first-order chi connectivity index (χ1) is 11.9. The number of aryl methyl sites for hydroxylation is 1. The van der Waals surface area contributed by atoms with E-state index in [0.29, 0.717) is 12.8 Å². The molecule has 0 aliphatic heterocycles. The number of para-hydroxylation sites is 1. The number of carboxylic acids is 1. The van der Waals surface area contributed by atoms with Gasteiger partial charge in [0.05, 0.1) is 17.8 Å². The molecule has 1 fully saturated rings. The second-order valence-electron chi connectivity index (χ2n) is 6.72. The van der Waals surface area contributed by atoms with Crippen LogP contribution in [0.2, 0.25) is 0 Å². The van der Waals surface area contributed by atoms with Crippen LogP contribution in [-0.2, 0) is 16.0 Å². The summed E-state index contributed by atoms with van der Waals surface area (Å²) in [4.78, 5) is 24.1. The molecule has 1 aromatic heterocycles. The molecule has 0 spiro atoms. The van der Waals surface area contributed by atoms with E-state index in [9.17, 15) is 14.7 Å². The molecule has 1 aliphatic carbocycles. The van der Waals surface area contributed by atoms with E-state index in [2.05, 4.69) is 10.4 Å². The van der Waals surface area contributed by atoms with Crippen LogP contribution in [0.5, 0.6) is 0 Å². The summed E-state index contributed by atoms with van der Waals surface area (Å²) in [6, 6.07) is 9.74. The molecule has 3 rings (SSSR count). The molecule has 0 bridgehead atoms. The second kappa shape index (κ2) is 6.70. The molecule has 25 heavy (non-hydrogen) atoms. The van der Waals surface area contributed by atoms with Gasteiger partial charge in [0, 0.05) is 11.3 Å². The molecule has 0 unspecified atom stereocenters. The highest BCUT2D eigenvalue weighted by molar-refractivity contribution is 5.88. The summed E-state index contributed by atoms with van der Waals surface area (Å²) in [7, 11) is 0. The van der Waals surface area contributed by atoms with Crippen molar-refractivity contribution in [3.8, 4) is 5.69 Å². The summed E-state index contributed by atoms with van der Waals surface area (Å²) in [5.41, 5.74) is 2.36. The molecular weight excluding hydrogens is 318 g/mol. The Labute approximate surface area is 146 Å². The third-order valence-corrected chi connectivity index (χ3v) is 5.02. The number of rotatable bonds is 5. The highest BCUT2D eigenvalue weighted by Gasteiger charge is 2.42. The molecule has 1 saturated carbocycles. The van der Waals surface area contributed by atoms with Gasteiger partial charge >= 0.3 is 5.97 Å². The van der Waals surface area contributed by atoms with E-state index in [1.165, 1.54) is 0 Å². The lowest BCUT2D eigenvalue weighted by Crippen LogP contribution is -2.53. The number of hydrogen-bond donors (Lipinski definition) is 2. The molecule has 0 radical (unpaired) electrons. The molecule has 1 heterocycles. The van der Waals surface area contributed by atoms with Gasteiger partial charge in [0.1, 0.15) is 5.54 Å². The van der Waals surface area contributed by atoms with Crippen LogP contribution in [0.1, 0.15) is 42.6 Å². The molecule has 1 amide bonds. The Morgan fingerprint density at radius 3 is 2.44 bits per heavy atom. The Morgan fingerprint density at radius 2 is 1.84 bits per heavy atom. The quantitative estimate of drug-likeness (QED) is 0.875. The predicted molar refractivity (Wildman–Crippen MR) is 93.7 cm³/mol. The van der Waals surface area contributed by atoms with Crippen LogP contribution in [0, 0.1) is 13.8 Å². The zero-order valence-electron chi connectivity index (χ0n) is 14.6. The number of carbonyl (C=O) groups is 2. The fourth-order valence-electron chi connectivity index (χ4n) is 3.59. The first-order valence-electron chi connectivity index (χ1n) is 8.58. The van der Waals surface area contributed by atoms with Crippen LogP contribution in [0.25, 0.3) is 5.69 Å². The zero-order valence-corrected chi connectivity index (χ0v) is 14.6. The summed E-state index contributed by atoms with van der Waals surface area (Å²) in [6.45, 7) is 3.80. The van der Waals surface area contributed by atoms with Gasteiger partial charge in [-0.2, -0.15) is 5.10 Å². The number of nitrogens with one attached hydrogen (secondary N) is 1. The van der Waals surface area contributed by atoms with Gasteiger partial charge in [0.15, 0.2) is 0 Å². The number of benzene rings is 1. The average Bonchev–Trinajstić information content (AvgIpc) is 3.17. The van der Waals surface area contributed by atoms with Gasteiger partial charge < -0.3 is 10.4 Å². The standard InChI is InChI=1S/C19H23N3O3/c1-13-16(14(2)22(21-13)15-8-4-3-5-9-15)12-17(23)20-19(18(24)25)10-6-7-11-19/h3-5,8-9H,6-7,10-12H2,1-2H3,(H,20,23)(H,24,25). The highest BCUT2D eigenvalue weighted by atomic mass is 16.4. The smallest absolute Gasteiger partial charge is 0.329 e. The number of amides is 1. The third-order valence-electron chi connectivity index (χ3n) is 5.02. The molecule has 6 nitrogen and oxygen atoms in total. The molecule has 0 saturated heterocycles. The largest absolute Gasteiger partial charge is 0.480 e. The third kappa shape index (κ3) is 3.29. The number of hydrogen-bond acceptors (Lipinski definition) is 3. The maximum atomic E-state index is 12.5. The fraction of sp³-hybridized carbons (Fsp3) is 0.421. The topological polar surface area (TPSA) is 84.2 Å². The molecule has 1 aliphatic rings. The predicted octanol–water partition coefficient (Wildman–Crippen LogP) is 2.55. The van der Waals surface area contributed by atoms with Gasteiger partial charge in [-0.05, 0) is 38.8 Å². The first kappa shape index (κ1) is 17.2. The summed E-state index contributed by atoms with van der Waals surface area (Å²) in [5, 5.41) is 16.8. The maximum Gasteiger partial charge on any atom is 0.329 e. The number of aliphatic carboxylic acids is 1. The lowest BCUT2D eigenvalue weighted by molar-refractivity contribution is -0.147. The van der Waals surface area contributed by atoms with Crippen molar-refractivity contribution in [3.05, 3.63) is 47.3 Å². The van der Waals surface area contributed by atoms with Crippen molar-refractivity contribution in [2.75, 3.05) is 0 Å². The average molecular weight is 341 g/mol. The van der Waals surface area contributed by atoms with Crippen molar-refractivity contribution in [2.45, 2.75) is 51.5 Å². The van der Waals surface area contributed by atoms with Crippen LogP contribution < -0.4 is 5.32 Å². The van der Waals surface area contributed by atoms with Crippen LogP contribution in [0.4, 0.5) is 0 Å². The van der Waals surface area contributed by atoms with Crippen LogP contribution in [-0.4, -0.2) is 32.3 Å². The van der Waals surface area contributed by atoms with E-state index in [4.69, 9.17) is 0 Å². The Hall–Kier alpha value is -2.63. The van der Waals surface area contributed by atoms with Gasteiger partial charge in [0.25, 0.3) is 0 Å². The SMILES string of the molecule is Cc1nn(-c2ccccc2)c(C)c1CC(=O)NC1(C(=O)O)CCCC1. The van der Waals surface area contributed by atoms with E-state index in [1.807, 2.05) is 48.9 Å². The van der Waals surface area contributed by atoms with Gasteiger partial charge in [0.2, 0.25) is 5.91 Å². The van der Waals surface area contributed by atoms with E-state index in [0.717, 1.165) is 35.5 Å². The van der Waals surface area contributed by atoms with Crippen molar-refractivity contribution in [3.63, 3.8) is 0 Å². The summed E-state index contributed by atoms with van der Waals surface area (Å²) < 4.78 is 1.82. The summed E-state index contributed by atoms with van der Waals surface area (Å²) in [5.74, 6) is -1.20. The Kier molecular flexibility index (Phi) is 4.61. The van der Waals surface area contributed by atoms with Gasteiger partial charge in [-0.15, -0.1) is 0 Å². The Morgan fingerprint density at radius 1 is 1.20 bits per heavy atom. The minimum Gasteiger partial charge on any atom is -0.480 e. The minimum absolute atomic E-state index is 0.138. The van der Waals surface area contributed by atoms with Crippen LogP contribution >= 0.6 is 0 Å². The molecule has 2 aromatic rings. The van der Waals surface area contributed by atoms with Crippen LogP contribution in [0.3, 0.4) is 0 Å². The van der Waals surface area contributed by atoms with E-state index < -0.39 is 11.5 Å². The summed E-state index contributed by atoms with van der Waals surface area (Å²) >= 11 is 0. The molecule has 1 aromatic carbocycles. The molecule has 6 heteroatoms. The van der Waals surface area contributed by atoms with Crippen molar-refractivity contribution >= 4 is 11.9 Å². The van der Waals surface area contributed by atoms with Crippen molar-refractivity contribution in [1.82, 2.24) is 15.1 Å². The molecular formula is C19H23N3O3. The molecule has 0 atom stereocenters. The molecule has 2 N–H and O–H groups in total. The van der Waals surface area contributed by atoms with Gasteiger partial charge in [-0.25, -0.2) is 9.48 Å².